The van der Waals surface area contributed by atoms with E-state index in [2.05, 4.69) is 19.0 Å². The van der Waals surface area contributed by atoms with Crippen LogP contribution in [0.5, 0.6) is 0 Å². The summed E-state index contributed by atoms with van der Waals surface area (Å²) in [4.78, 5) is 41.7. The summed E-state index contributed by atoms with van der Waals surface area (Å²) in [5, 5.41) is 0. The van der Waals surface area contributed by atoms with Crippen molar-refractivity contribution in [3.63, 3.8) is 0 Å². The highest BCUT2D eigenvalue weighted by molar-refractivity contribution is 5.96. The van der Waals surface area contributed by atoms with Gasteiger partial charge in [-0.3, -0.25) is 14.4 Å². The number of nitrogens with two attached hydrogens (primary N) is 1. The number of nitrogens with zero attached hydrogens (tertiary/aromatic N) is 1. The molecule has 0 spiro atoms. The Labute approximate surface area is 223 Å². The highest BCUT2D eigenvalue weighted by Crippen LogP contribution is 2.32. The summed E-state index contributed by atoms with van der Waals surface area (Å²) in [6, 6.07) is 0.312. The van der Waals surface area contributed by atoms with E-state index >= 15 is 0 Å². The molecule has 2 aliphatic rings. The lowest BCUT2D eigenvalue weighted by Gasteiger charge is -2.40. The predicted octanol–water partition coefficient (Wildman–Crippen LogP) is 3.90. The van der Waals surface area contributed by atoms with Crippen LogP contribution in [0.25, 0.3) is 0 Å². The van der Waals surface area contributed by atoms with Crippen LogP contribution in [0.4, 0.5) is 0 Å². The Morgan fingerprint density at radius 3 is 2.22 bits per heavy atom. The third kappa shape index (κ3) is 8.44. The van der Waals surface area contributed by atoms with Gasteiger partial charge in [0.25, 0.3) is 0 Å². The lowest BCUT2D eigenvalue weighted by atomic mass is 9.80. The summed E-state index contributed by atoms with van der Waals surface area (Å²) < 4.78 is 18.3. The zero-order chi connectivity index (χ0) is 28.2. The van der Waals surface area contributed by atoms with Gasteiger partial charge in [0.1, 0.15) is 11.9 Å². The van der Waals surface area contributed by atoms with Gasteiger partial charge in [-0.2, -0.15) is 0 Å². The third-order valence-corrected chi connectivity index (χ3v) is 8.23. The van der Waals surface area contributed by atoms with Crippen molar-refractivity contribution in [1.29, 1.82) is 0 Å². The molecule has 0 radical (unpaired) electrons. The van der Waals surface area contributed by atoms with Crippen molar-refractivity contribution in [3.8, 4) is 0 Å². The van der Waals surface area contributed by atoms with Gasteiger partial charge >= 0.3 is 5.97 Å². The molecular weight excluding hydrogens is 472 g/mol. The van der Waals surface area contributed by atoms with Crippen LogP contribution >= 0.6 is 0 Å². The Bertz CT molecular complexity index is 853. The molecule has 1 fully saturated rings. The topological polar surface area (TPSA) is 108 Å². The van der Waals surface area contributed by atoms with Gasteiger partial charge in [0.2, 0.25) is 0 Å². The van der Waals surface area contributed by atoms with Crippen LogP contribution in [-0.4, -0.2) is 72.7 Å². The van der Waals surface area contributed by atoms with Crippen LogP contribution in [0.15, 0.2) is 11.6 Å². The van der Waals surface area contributed by atoms with Crippen molar-refractivity contribution in [2.75, 3.05) is 14.1 Å². The zero-order valence-electron chi connectivity index (χ0n) is 24.6. The smallest absolute Gasteiger partial charge is 0.306 e. The van der Waals surface area contributed by atoms with E-state index in [0.717, 1.165) is 6.42 Å². The first-order valence-electron chi connectivity index (χ1n) is 13.8. The number of Topliss-reactive ketones (excluding diaryl/α,β-unsaturated/α-hetero) is 2. The number of allylic oxidation sites excluding steroid dienone is 1. The van der Waals surface area contributed by atoms with Crippen molar-refractivity contribution in [2.45, 2.75) is 117 Å². The van der Waals surface area contributed by atoms with Gasteiger partial charge in [0.15, 0.2) is 12.1 Å². The number of hydrogen-bond acceptors (Lipinski definition) is 8. The maximum absolute atomic E-state index is 13.5. The van der Waals surface area contributed by atoms with E-state index in [9.17, 15) is 14.4 Å². The average molecular weight is 523 g/mol. The maximum atomic E-state index is 13.5. The molecule has 10 atom stereocenters. The molecule has 0 aromatic carbocycles. The van der Waals surface area contributed by atoms with E-state index in [4.69, 9.17) is 19.9 Å². The number of carbonyl (C=O) groups excluding carboxylic acids is 3. The van der Waals surface area contributed by atoms with Gasteiger partial charge in [-0.15, -0.1) is 0 Å². The molecule has 1 saturated heterocycles. The van der Waals surface area contributed by atoms with Crippen LogP contribution < -0.4 is 5.73 Å². The van der Waals surface area contributed by atoms with Crippen molar-refractivity contribution >= 4 is 17.5 Å². The summed E-state index contributed by atoms with van der Waals surface area (Å²) in [5.41, 5.74) is 5.95. The summed E-state index contributed by atoms with van der Waals surface area (Å²) in [5.74, 6) is -1.99. The van der Waals surface area contributed by atoms with E-state index in [1.807, 2.05) is 27.7 Å². The SMILES string of the molecule is C/C1=C\[C@](C)(N)[C@@H](C)OC(=O)C[C@H](C)C(=O)[C@H](C)[C@@H](O[C@H]2C[C@@H](N(C)C)C[C@@H](C)O2)[C@@H](C)C[C@@H](C)C1=O. The minimum absolute atomic E-state index is 0.0155. The normalized spacial score (nSPS) is 43.0. The highest BCUT2D eigenvalue weighted by atomic mass is 16.7. The quantitative estimate of drug-likeness (QED) is 0.556. The van der Waals surface area contributed by atoms with E-state index in [-0.39, 0.29) is 35.9 Å². The number of ether oxygens (including phenoxy) is 3. The first-order valence-corrected chi connectivity index (χ1v) is 13.8. The fourth-order valence-electron chi connectivity index (χ4n) is 5.68. The predicted molar refractivity (Wildman–Crippen MR) is 144 cm³/mol. The molecule has 0 unspecified atom stereocenters. The van der Waals surface area contributed by atoms with Crippen molar-refractivity contribution < 1.29 is 28.6 Å². The number of ketones is 2. The molecule has 2 N–H and O–H groups in total. The lowest BCUT2D eigenvalue weighted by molar-refractivity contribution is -0.236. The molecule has 8 heteroatoms. The molecule has 0 aromatic rings. The summed E-state index contributed by atoms with van der Waals surface area (Å²) in [6.07, 6.45) is 2.27. The molecule has 0 aromatic heterocycles. The summed E-state index contributed by atoms with van der Waals surface area (Å²) >= 11 is 0. The Hall–Kier alpha value is -1.61. The average Bonchev–Trinajstić information content (AvgIpc) is 2.79. The second kappa shape index (κ2) is 13.0. The largest absolute Gasteiger partial charge is 0.460 e. The number of rotatable bonds is 3. The molecule has 0 saturated carbocycles. The highest BCUT2D eigenvalue weighted by Gasteiger charge is 2.39. The van der Waals surface area contributed by atoms with E-state index in [0.29, 0.717) is 24.5 Å². The van der Waals surface area contributed by atoms with E-state index in [1.165, 1.54) is 0 Å². The first-order chi connectivity index (χ1) is 17.0. The Morgan fingerprint density at radius 1 is 1.00 bits per heavy atom. The number of hydrogen-bond donors (Lipinski definition) is 1. The Morgan fingerprint density at radius 2 is 1.62 bits per heavy atom. The molecule has 2 aliphatic heterocycles. The van der Waals surface area contributed by atoms with Crippen molar-refractivity contribution in [1.82, 2.24) is 4.90 Å². The molecule has 8 nitrogen and oxygen atoms in total. The molecule has 2 heterocycles. The van der Waals surface area contributed by atoms with Crippen LogP contribution in [-0.2, 0) is 28.6 Å². The second-order valence-electron chi connectivity index (χ2n) is 12.2. The number of esters is 1. The minimum atomic E-state index is -1.02. The van der Waals surface area contributed by atoms with Crippen molar-refractivity contribution in [3.05, 3.63) is 11.6 Å². The van der Waals surface area contributed by atoms with E-state index in [1.54, 1.807) is 33.8 Å². The summed E-state index contributed by atoms with van der Waals surface area (Å²) in [7, 11) is 4.10. The monoisotopic (exact) mass is 522 g/mol. The van der Waals surface area contributed by atoms with Gasteiger partial charge in [0.05, 0.1) is 24.2 Å². The van der Waals surface area contributed by atoms with Crippen LogP contribution in [0.2, 0.25) is 0 Å². The number of carbonyl (C=O) groups is 3. The Balaban J connectivity index is 2.40. The molecule has 37 heavy (non-hydrogen) atoms. The number of cyclic esters (lactones) is 1. The van der Waals surface area contributed by atoms with Crippen LogP contribution in [0.3, 0.4) is 0 Å². The molecule has 0 aliphatic carbocycles. The van der Waals surface area contributed by atoms with Crippen LogP contribution in [0.1, 0.15) is 81.1 Å². The fraction of sp³-hybridized carbons (Fsp3) is 0.828. The van der Waals surface area contributed by atoms with E-state index < -0.39 is 41.8 Å². The van der Waals surface area contributed by atoms with Gasteiger partial charge in [0, 0.05) is 30.2 Å². The molecule has 0 bridgehead atoms. The first kappa shape index (κ1) is 31.6. The lowest BCUT2D eigenvalue weighted by Crippen LogP contribution is -2.47. The molecule has 0 amide bonds. The van der Waals surface area contributed by atoms with Gasteiger partial charge < -0.3 is 24.8 Å². The maximum Gasteiger partial charge on any atom is 0.306 e. The van der Waals surface area contributed by atoms with Gasteiger partial charge in [-0.25, -0.2) is 0 Å². The second-order valence-corrected chi connectivity index (χ2v) is 12.2. The minimum Gasteiger partial charge on any atom is -0.460 e. The molecule has 2 rings (SSSR count). The zero-order valence-corrected chi connectivity index (χ0v) is 24.6. The van der Waals surface area contributed by atoms with Gasteiger partial charge in [-0.05, 0) is 66.1 Å². The van der Waals surface area contributed by atoms with Crippen molar-refractivity contribution in [2.24, 2.45) is 29.4 Å². The standard InChI is InChI=1S/C29H50N2O6/c1-16-11-18(3)28(37-25-14-23(31(9)10)13-20(5)35-25)21(6)27(34)17(2)12-24(32)36-22(7)29(8,30)15-19(4)26(16)33/h15-18,20-23,25,28H,11-14,30H2,1-10H3/b19-15+/t16-,17+,18+,20-,21+,22-,23+,25+,28+,29+/m1/s1. The molecule has 212 valence electrons. The van der Waals surface area contributed by atoms with Crippen LogP contribution in [0, 0.1) is 23.7 Å². The fourth-order valence-corrected chi connectivity index (χ4v) is 5.68. The molecular formula is C29H50N2O6. The third-order valence-electron chi connectivity index (χ3n) is 8.23. The summed E-state index contributed by atoms with van der Waals surface area (Å²) in [6.45, 7) is 14.8. The van der Waals surface area contributed by atoms with Gasteiger partial charge in [-0.1, -0.05) is 33.8 Å². The Kier molecular flexibility index (Phi) is 11.1.